The molecule has 1 aliphatic rings. The monoisotopic (exact) mass is 172 g/mol. The fourth-order valence-corrected chi connectivity index (χ4v) is 1.60. The zero-order chi connectivity index (χ0) is 9.14. The Morgan fingerprint density at radius 3 is 2.92 bits per heavy atom. The van der Waals surface area contributed by atoms with Crippen LogP contribution in [0, 0.1) is 0 Å². The van der Waals surface area contributed by atoms with Crippen molar-refractivity contribution in [3.63, 3.8) is 0 Å². The van der Waals surface area contributed by atoms with Gasteiger partial charge in [0.1, 0.15) is 0 Å². The molecule has 1 aliphatic heterocycles. The van der Waals surface area contributed by atoms with Crippen LogP contribution in [0.2, 0.25) is 0 Å². The molecule has 1 rings (SSSR count). The van der Waals surface area contributed by atoms with Gasteiger partial charge in [0.15, 0.2) is 0 Å². The molecule has 0 saturated carbocycles. The second-order valence-electron chi connectivity index (χ2n) is 3.49. The van der Waals surface area contributed by atoms with E-state index in [1.807, 2.05) is 6.92 Å². The molecule has 4 nitrogen and oxygen atoms in total. The number of carbonyl (C=O) groups is 1. The van der Waals surface area contributed by atoms with Gasteiger partial charge in [-0.15, -0.1) is 0 Å². The lowest BCUT2D eigenvalue weighted by molar-refractivity contribution is -0.138. The van der Waals surface area contributed by atoms with Crippen LogP contribution in [-0.2, 0) is 4.79 Å². The molecule has 0 spiro atoms. The fourth-order valence-electron chi connectivity index (χ4n) is 1.60. The van der Waals surface area contributed by atoms with E-state index in [0.29, 0.717) is 0 Å². The molecule has 0 amide bonds. The lowest BCUT2D eigenvalue weighted by Gasteiger charge is -2.22. The van der Waals surface area contributed by atoms with Crippen molar-refractivity contribution in [3.8, 4) is 0 Å². The molecule has 0 aromatic carbocycles. The van der Waals surface area contributed by atoms with Gasteiger partial charge in [-0.2, -0.15) is 0 Å². The molecule has 3 N–H and O–H groups in total. The molecule has 1 heterocycles. The molecule has 0 aromatic rings. The van der Waals surface area contributed by atoms with Crippen LogP contribution in [0.15, 0.2) is 0 Å². The lowest BCUT2D eigenvalue weighted by atomic mass is 10.2. The largest absolute Gasteiger partial charge is 0.481 e. The summed E-state index contributed by atoms with van der Waals surface area (Å²) >= 11 is 0. The Balaban J connectivity index is 2.32. The smallest absolute Gasteiger partial charge is 0.304 e. The topological polar surface area (TPSA) is 66.6 Å². The zero-order valence-electron chi connectivity index (χ0n) is 7.36. The van der Waals surface area contributed by atoms with E-state index in [0.717, 1.165) is 19.5 Å². The molecule has 2 atom stereocenters. The molecular formula is C8H16N2O2. The Morgan fingerprint density at radius 2 is 2.50 bits per heavy atom. The predicted octanol–water partition coefficient (Wildman–Crippen LogP) is -0.117. The highest BCUT2D eigenvalue weighted by molar-refractivity contribution is 5.67. The van der Waals surface area contributed by atoms with Crippen molar-refractivity contribution in [3.05, 3.63) is 0 Å². The number of carboxylic acid groups (broad SMARTS) is 1. The summed E-state index contributed by atoms with van der Waals surface area (Å²) in [6.45, 7) is 3.72. The first-order valence-corrected chi connectivity index (χ1v) is 4.31. The van der Waals surface area contributed by atoms with E-state index in [1.54, 1.807) is 0 Å². The molecule has 4 heteroatoms. The van der Waals surface area contributed by atoms with E-state index in [2.05, 4.69) is 4.90 Å². The molecule has 1 fully saturated rings. The molecule has 2 unspecified atom stereocenters. The number of hydrogen-bond acceptors (Lipinski definition) is 3. The maximum Gasteiger partial charge on any atom is 0.304 e. The van der Waals surface area contributed by atoms with E-state index in [-0.39, 0.29) is 18.5 Å². The maximum absolute atomic E-state index is 10.4. The van der Waals surface area contributed by atoms with E-state index >= 15 is 0 Å². The third-order valence-electron chi connectivity index (χ3n) is 2.35. The number of likely N-dealkylation sites (tertiary alicyclic amines) is 1. The summed E-state index contributed by atoms with van der Waals surface area (Å²) in [6, 6.07) is 0.359. The van der Waals surface area contributed by atoms with Crippen molar-refractivity contribution in [1.82, 2.24) is 4.90 Å². The Hall–Kier alpha value is -0.610. The minimum Gasteiger partial charge on any atom is -0.481 e. The van der Waals surface area contributed by atoms with Crippen molar-refractivity contribution in [1.29, 1.82) is 0 Å². The van der Waals surface area contributed by atoms with Crippen LogP contribution in [0.1, 0.15) is 19.8 Å². The Labute approximate surface area is 72.3 Å². The number of nitrogens with two attached hydrogens (primary N) is 1. The van der Waals surface area contributed by atoms with Crippen LogP contribution in [0.3, 0.4) is 0 Å². The van der Waals surface area contributed by atoms with Crippen molar-refractivity contribution in [2.45, 2.75) is 31.8 Å². The molecule has 1 saturated heterocycles. The summed E-state index contributed by atoms with van der Waals surface area (Å²) in [5.74, 6) is -0.733. The van der Waals surface area contributed by atoms with Crippen LogP contribution in [0.5, 0.6) is 0 Å². The van der Waals surface area contributed by atoms with Crippen LogP contribution in [-0.4, -0.2) is 41.1 Å². The second kappa shape index (κ2) is 3.87. The molecule has 12 heavy (non-hydrogen) atoms. The highest BCUT2D eigenvalue weighted by Gasteiger charge is 2.24. The van der Waals surface area contributed by atoms with Crippen LogP contribution in [0.25, 0.3) is 0 Å². The molecule has 0 aliphatic carbocycles. The van der Waals surface area contributed by atoms with Crippen molar-refractivity contribution >= 4 is 5.97 Å². The number of nitrogens with zero attached hydrogens (tertiary/aromatic N) is 1. The van der Waals surface area contributed by atoms with E-state index < -0.39 is 5.97 Å². The average Bonchev–Trinajstić information content (AvgIpc) is 2.34. The quantitative estimate of drug-likeness (QED) is 0.623. The van der Waals surface area contributed by atoms with Gasteiger partial charge < -0.3 is 10.8 Å². The van der Waals surface area contributed by atoms with Gasteiger partial charge in [0, 0.05) is 25.2 Å². The summed E-state index contributed by atoms with van der Waals surface area (Å²) in [6.07, 6.45) is 1.21. The number of carboxylic acids is 1. The zero-order valence-corrected chi connectivity index (χ0v) is 7.36. The van der Waals surface area contributed by atoms with Gasteiger partial charge in [0.2, 0.25) is 0 Å². The van der Waals surface area contributed by atoms with Crippen LogP contribution < -0.4 is 5.73 Å². The minimum absolute atomic E-state index is 0.121. The lowest BCUT2D eigenvalue weighted by Crippen LogP contribution is -2.35. The van der Waals surface area contributed by atoms with Gasteiger partial charge >= 0.3 is 5.97 Å². The predicted molar refractivity (Wildman–Crippen MR) is 45.9 cm³/mol. The summed E-state index contributed by atoms with van der Waals surface area (Å²) in [4.78, 5) is 12.5. The average molecular weight is 172 g/mol. The Bertz CT molecular complexity index is 172. The van der Waals surface area contributed by atoms with Gasteiger partial charge in [0.25, 0.3) is 0 Å². The number of aliphatic carboxylic acids is 1. The third kappa shape index (κ3) is 2.46. The molecular weight excluding hydrogens is 156 g/mol. The molecule has 0 aromatic heterocycles. The van der Waals surface area contributed by atoms with Crippen LogP contribution >= 0.6 is 0 Å². The minimum atomic E-state index is -0.733. The van der Waals surface area contributed by atoms with Gasteiger partial charge in [-0.05, 0) is 13.3 Å². The second-order valence-corrected chi connectivity index (χ2v) is 3.49. The van der Waals surface area contributed by atoms with Gasteiger partial charge in [0.05, 0.1) is 6.42 Å². The highest BCUT2D eigenvalue weighted by atomic mass is 16.4. The fraction of sp³-hybridized carbons (Fsp3) is 0.875. The highest BCUT2D eigenvalue weighted by Crippen LogP contribution is 2.12. The van der Waals surface area contributed by atoms with Crippen LogP contribution in [0.4, 0.5) is 0 Å². The van der Waals surface area contributed by atoms with Gasteiger partial charge in [-0.3, -0.25) is 9.69 Å². The first-order valence-electron chi connectivity index (χ1n) is 4.31. The number of rotatable bonds is 3. The Kier molecular flexibility index (Phi) is 3.05. The van der Waals surface area contributed by atoms with Crippen molar-refractivity contribution in [2.75, 3.05) is 13.1 Å². The summed E-state index contributed by atoms with van der Waals surface area (Å²) in [5.41, 5.74) is 5.70. The third-order valence-corrected chi connectivity index (χ3v) is 2.35. The molecule has 0 bridgehead atoms. The summed E-state index contributed by atoms with van der Waals surface area (Å²) in [7, 11) is 0. The van der Waals surface area contributed by atoms with Crippen molar-refractivity contribution < 1.29 is 9.90 Å². The number of hydrogen-bond donors (Lipinski definition) is 2. The normalized spacial score (nSPS) is 27.3. The van der Waals surface area contributed by atoms with E-state index in [9.17, 15) is 4.79 Å². The first-order chi connectivity index (χ1) is 5.59. The SMILES string of the molecule is CC(CC(=O)O)N1CCC(N)C1. The summed E-state index contributed by atoms with van der Waals surface area (Å²) in [5, 5.41) is 8.55. The molecule has 0 radical (unpaired) electrons. The summed E-state index contributed by atoms with van der Waals surface area (Å²) < 4.78 is 0. The van der Waals surface area contributed by atoms with E-state index in [4.69, 9.17) is 10.8 Å². The Morgan fingerprint density at radius 1 is 1.83 bits per heavy atom. The van der Waals surface area contributed by atoms with Gasteiger partial charge in [-0.25, -0.2) is 0 Å². The van der Waals surface area contributed by atoms with Crippen molar-refractivity contribution in [2.24, 2.45) is 5.73 Å². The maximum atomic E-state index is 10.4. The van der Waals surface area contributed by atoms with Gasteiger partial charge in [-0.1, -0.05) is 0 Å². The molecule has 70 valence electrons. The first kappa shape index (κ1) is 9.48. The van der Waals surface area contributed by atoms with E-state index in [1.165, 1.54) is 0 Å². The standard InChI is InChI=1S/C8H16N2O2/c1-6(4-8(11)12)10-3-2-7(9)5-10/h6-7H,2-5,9H2,1H3,(H,11,12).